The normalized spacial score (nSPS) is 10.5. The Kier molecular flexibility index (Phi) is 4.88. The monoisotopic (exact) mass is 394 g/mol. The summed E-state index contributed by atoms with van der Waals surface area (Å²) in [5.74, 6) is -4.70. The standard InChI is InChI=1S/C20H14N2O7/c21-16-14(19(26)27)13(15(20(28)29)17(23)22-16)10-7-5-9(6-8-10)11-3-1-2-4-12(11)18(24)25/h1-8H,(H,24,25)(H,26,27)(H,28,29)(H3,21,22,23). The lowest BCUT2D eigenvalue weighted by Crippen LogP contribution is -2.24. The SMILES string of the molecule is Nc1[nH]c(=O)c(C(=O)O)c(-c2ccc(-c3ccccc3C(=O)O)cc2)c1C(=O)O. The number of aromatic carboxylic acids is 3. The number of benzene rings is 2. The predicted octanol–water partition coefficient (Wildman–Crippen LogP) is 2.39. The second kappa shape index (κ2) is 7.31. The van der Waals surface area contributed by atoms with Gasteiger partial charge in [0.05, 0.1) is 5.56 Å². The molecule has 0 fully saturated rings. The third-order valence-corrected chi connectivity index (χ3v) is 4.31. The molecular weight excluding hydrogens is 380 g/mol. The first-order valence-corrected chi connectivity index (χ1v) is 8.17. The fraction of sp³-hybridized carbons (Fsp3) is 0. The Balaban J connectivity index is 2.24. The fourth-order valence-electron chi connectivity index (χ4n) is 3.07. The van der Waals surface area contributed by atoms with Crippen molar-refractivity contribution >= 4 is 23.7 Å². The Labute approximate surface area is 162 Å². The quantitative estimate of drug-likeness (QED) is 0.439. The third kappa shape index (κ3) is 3.44. The van der Waals surface area contributed by atoms with E-state index in [9.17, 15) is 34.5 Å². The van der Waals surface area contributed by atoms with Gasteiger partial charge in [0.25, 0.3) is 5.56 Å². The number of pyridine rings is 1. The number of anilines is 1. The summed E-state index contributed by atoms with van der Waals surface area (Å²) in [5.41, 5.74) is 4.09. The van der Waals surface area contributed by atoms with Gasteiger partial charge in [-0.1, -0.05) is 42.5 Å². The van der Waals surface area contributed by atoms with E-state index in [4.69, 9.17) is 5.73 Å². The molecule has 0 spiro atoms. The van der Waals surface area contributed by atoms with Crippen LogP contribution in [0.3, 0.4) is 0 Å². The Bertz CT molecular complexity index is 1210. The molecule has 0 aliphatic heterocycles. The van der Waals surface area contributed by atoms with Crippen molar-refractivity contribution < 1.29 is 29.7 Å². The highest BCUT2D eigenvalue weighted by molar-refractivity contribution is 6.07. The highest BCUT2D eigenvalue weighted by atomic mass is 16.4. The van der Waals surface area contributed by atoms with Gasteiger partial charge in [-0.2, -0.15) is 0 Å². The second-order valence-corrected chi connectivity index (χ2v) is 6.03. The van der Waals surface area contributed by atoms with Crippen molar-refractivity contribution in [3.8, 4) is 22.3 Å². The lowest BCUT2D eigenvalue weighted by Gasteiger charge is -2.13. The fourth-order valence-corrected chi connectivity index (χ4v) is 3.07. The molecule has 1 aromatic heterocycles. The van der Waals surface area contributed by atoms with Crippen molar-refractivity contribution in [2.24, 2.45) is 0 Å². The number of aromatic nitrogens is 1. The van der Waals surface area contributed by atoms with Crippen LogP contribution in [0.5, 0.6) is 0 Å². The maximum atomic E-state index is 12.1. The number of carboxylic acid groups (broad SMARTS) is 3. The molecule has 0 unspecified atom stereocenters. The molecule has 6 N–H and O–H groups in total. The van der Waals surface area contributed by atoms with Crippen molar-refractivity contribution in [2.45, 2.75) is 0 Å². The topological polar surface area (TPSA) is 171 Å². The molecule has 0 saturated heterocycles. The van der Waals surface area contributed by atoms with Gasteiger partial charge in [0.15, 0.2) is 0 Å². The Hall–Kier alpha value is -4.40. The van der Waals surface area contributed by atoms with E-state index < -0.39 is 40.4 Å². The highest BCUT2D eigenvalue weighted by Gasteiger charge is 2.26. The molecule has 0 atom stereocenters. The largest absolute Gasteiger partial charge is 0.478 e. The van der Waals surface area contributed by atoms with Crippen LogP contribution < -0.4 is 11.3 Å². The molecule has 3 rings (SSSR count). The van der Waals surface area contributed by atoms with E-state index in [1.165, 1.54) is 30.3 Å². The van der Waals surface area contributed by atoms with Crippen LogP contribution in [0.2, 0.25) is 0 Å². The van der Waals surface area contributed by atoms with Gasteiger partial charge in [0, 0.05) is 5.56 Å². The third-order valence-electron chi connectivity index (χ3n) is 4.31. The Morgan fingerprint density at radius 1 is 0.759 bits per heavy atom. The molecule has 0 saturated carbocycles. The van der Waals surface area contributed by atoms with Gasteiger partial charge >= 0.3 is 17.9 Å². The first kappa shape index (κ1) is 19.4. The summed E-state index contributed by atoms with van der Waals surface area (Å²) in [6, 6.07) is 12.1. The maximum Gasteiger partial charge on any atom is 0.342 e. The van der Waals surface area contributed by atoms with Crippen LogP contribution in [0.25, 0.3) is 22.3 Å². The molecule has 0 aliphatic carbocycles. The van der Waals surface area contributed by atoms with Gasteiger partial charge in [-0.05, 0) is 22.8 Å². The van der Waals surface area contributed by atoms with Crippen molar-refractivity contribution in [3.63, 3.8) is 0 Å². The number of carbonyl (C=O) groups is 3. The number of rotatable bonds is 5. The minimum absolute atomic E-state index is 0.0677. The number of nitrogens with two attached hydrogens (primary N) is 1. The van der Waals surface area contributed by atoms with Gasteiger partial charge in [-0.25, -0.2) is 14.4 Å². The number of H-pyrrole nitrogens is 1. The average molecular weight is 394 g/mol. The molecule has 0 aliphatic rings. The van der Waals surface area contributed by atoms with Crippen LogP contribution >= 0.6 is 0 Å². The molecule has 146 valence electrons. The zero-order chi connectivity index (χ0) is 21.3. The summed E-state index contributed by atoms with van der Waals surface area (Å²) in [6.45, 7) is 0. The summed E-state index contributed by atoms with van der Waals surface area (Å²) >= 11 is 0. The molecule has 9 nitrogen and oxygen atoms in total. The number of hydrogen-bond acceptors (Lipinski definition) is 5. The van der Waals surface area contributed by atoms with Crippen LogP contribution in [-0.2, 0) is 0 Å². The van der Waals surface area contributed by atoms with E-state index in [0.29, 0.717) is 11.1 Å². The molecule has 0 amide bonds. The van der Waals surface area contributed by atoms with Crippen LogP contribution in [0.15, 0.2) is 53.3 Å². The number of carboxylic acids is 3. The highest BCUT2D eigenvalue weighted by Crippen LogP contribution is 2.32. The van der Waals surface area contributed by atoms with E-state index in [1.807, 2.05) is 4.98 Å². The van der Waals surface area contributed by atoms with Gasteiger partial charge in [0.1, 0.15) is 16.9 Å². The predicted molar refractivity (Wildman–Crippen MR) is 103 cm³/mol. The minimum atomic E-state index is -1.61. The van der Waals surface area contributed by atoms with Gasteiger partial charge in [0.2, 0.25) is 0 Å². The van der Waals surface area contributed by atoms with Gasteiger partial charge in [-0.3, -0.25) is 4.79 Å². The molecular formula is C20H14N2O7. The van der Waals surface area contributed by atoms with Crippen molar-refractivity contribution in [2.75, 3.05) is 5.73 Å². The number of nitrogen functional groups attached to an aromatic ring is 1. The van der Waals surface area contributed by atoms with Crippen LogP contribution in [-0.4, -0.2) is 38.2 Å². The smallest absolute Gasteiger partial charge is 0.342 e. The summed E-state index contributed by atoms with van der Waals surface area (Å²) in [6.07, 6.45) is 0. The Morgan fingerprint density at radius 2 is 1.31 bits per heavy atom. The zero-order valence-corrected chi connectivity index (χ0v) is 14.7. The van der Waals surface area contributed by atoms with Crippen molar-refractivity contribution in [3.05, 3.63) is 75.6 Å². The summed E-state index contributed by atoms with van der Waals surface area (Å²) in [4.78, 5) is 48.8. The maximum absolute atomic E-state index is 12.1. The molecule has 9 heteroatoms. The lowest BCUT2D eigenvalue weighted by molar-refractivity contribution is 0.0682. The first-order valence-electron chi connectivity index (χ1n) is 8.17. The van der Waals surface area contributed by atoms with Crippen LogP contribution in [0.1, 0.15) is 31.1 Å². The molecule has 0 radical (unpaired) electrons. The van der Waals surface area contributed by atoms with Crippen LogP contribution in [0, 0.1) is 0 Å². The summed E-state index contributed by atoms with van der Waals surface area (Å²) in [5, 5.41) is 28.2. The molecule has 3 aromatic rings. The number of hydrogen-bond donors (Lipinski definition) is 5. The van der Waals surface area contributed by atoms with E-state index >= 15 is 0 Å². The minimum Gasteiger partial charge on any atom is -0.478 e. The second-order valence-electron chi connectivity index (χ2n) is 6.03. The van der Waals surface area contributed by atoms with Gasteiger partial charge < -0.3 is 26.0 Å². The molecule has 29 heavy (non-hydrogen) atoms. The molecule has 0 bridgehead atoms. The first-order chi connectivity index (χ1) is 13.7. The molecule has 1 heterocycles. The lowest BCUT2D eigenvalue weighted by atomic mass is 9.93. The average Bonchev–Trinajstić information content (AvgIpc) is 2.66. The van der Waals surface area contributed by atoms with E-state index in [1.54, 1.807) is 18.2 Å². The van der Waals surface area contributed by atoms with Gasteiger partial charge in [-0.15, -0.1) is 0 Å². The van der Waals surface area contributed by atoms with E-state index in [0.717, 1.165) is 0 Å². The van der Waals surface area contributed by atoms with E-state index in [2.05, 4.69) is 0 Å². The van der Waals surface area contributed by atoms with Crippen molar-refractivity contribution in [1.29, 1.82) is 0 Å². The van der Waals surface area contributed by atoms with E-state index in [-0.39, 0.29) is 16.7 Å². The number of nitrogens with one attached hydrogen (secondary N) is 1. The zero-order valence-electron chi connectivity index (χ0n) is 14.7. The summed E-state index contributed by atoms with van der Waals surface area (Å²) in [7, 11) is 0. The summed E-state index contributed by atoms with van der Waals surface area (Å²) < 4.78 is 0. The molecule has 2 aromatic carbocycles. The number of aromatic amines is 1. The van der Waals surface area contributed by atoms with Crippen molar-refractivity contribution in [1.82, 2.24) is 4.98 Å². The van der Waals surface area contributed by atoms with Crippen LogP contribution in [0.4, 0.5) is 5.82 Å². The Morgan fingerprint density at radius 3 is 1.86 bits per heavy atom.